The topological polar surface area (TPSA) is 58.6 Å². The maximum absolute atomic E-state index is 11.7. The SMILES string of the molecule is C[C@H]1C[C@H](N2CCN(c3ncccn3)CC2)C(=O)O1. The van der Waals surface area contributed by atoms with Crippen molar-refractivity contribution >= 4 is 11.9 Å². The summed E-state index contributed by atoms with van der Waals surface area (Å²) in [4.78, 5) is 24.6. The Morgan fingerprint density at radius 2 is 1.89 bits per heavy atom. The molecule has 0 amide bonds. The molecule has 19 heavy (non-hydrogen) atoms. The molecular weight excluding hydrogens is 244 g/mol. The van der Waals surface area contributed by atoms with Crippen LogP contribution in [0.5, 0.6) is 0 Å². The van der Waals surface area contributed by atoms with Gasteiger partial charge in [-0.25, -0.2) is 9.97 Å². The number of nitrogens with zero attached hydrogens (tertiary/aromatic N) is 4. The van der Waals surface area contributed by atoms with Crippen molar-refractivity contribution in [2.45, 2.75) is 25.5 Å². The molecule has 3 rings (SSSR count). The maximum atomic E-state index is 11.7. The minimum absolute atomic E-state index is 0.0491. The molecule has 6 nitrogen and oxygen atoms in total. The van der Waals surface area contributed by atoms with Crippen LogP contribution in [-0.4, -0.2) is 59.2 Å². The van der Waals surface area contributed by atoms with E-state index in [1.165, 1.54) is 0 Å². The third-order valence-electron chi connectivity index (χ3n) is 3.73. The third kappa shape index (κ3) is 2.53. The van der Waals surface area contributed by atoms with Crippen molar-refractivity contribution in [3.05, 3.63) is 18.5 Å². The Morgan fingerprint density at radius 3 is 2.47 bits per heavy atom. The van der Waals surface area contributed by atoms with Gasteiger partial charge in [0.1, 0.15) is 12.1 Å². The molecule has 2 atom stereocenters. The summed E-state index contributed by atoms with van der Waals surface area (Å²) in [5.41, 5.74) is 0. The van der Waals surface area contributed by atoms with Crippen LogP contribution in [0.4, 0.5) is 5.95 Å². The zero-order valence-electron chi connectivity index (χ0n) is 11.0. The van der Waals surface area contributed by atoms with Gasteiger partial charge in [-0.3, -0.25) is 9.69 Å². The van der Waals surface area contributed by atoms with Crippen molar-refractivity contribution in [2.75, 3.05) is 31.1 Å². The molecule has 0 bridgehead atoms. The number of hydrogen-bond acceptors (Lipinski definition) is 6. The van der Waals surface area contributed by atoms with Gasteiger partial charge in [-0.2, -0.15) is 0 Å². The van der Waals surface area contributed by atoms with Gasteiger partial charge < -0.3 is 9.64 Å². The largest absolute Gasteiger partial charge is 0.461 e. The van der Waals surface area contributed by atoms with Gasteiger partial charge in [-0.05, 0) is 13.0 Å². The Balaban J connectivity index is 1.59. The summed E-state index contributed by atoms with van der Waals surface area (Å²) < 4.78 is 5.22. The maximum Gasteiger partial charge on any atom is 0.323 e. The molecule has 102 valence electrons. The number of carbonyl (C=O) groups excluding carboxylic acids is 1. The van der Waals surface area contributed by atoms with Crippen molar-refractivity contribution in [3.63, 3.8) is 0 Å². The fraction of sp³-hybridized carbons (Fsp3) is 0.615. The molecule has 0 unspecified atom stereocenters. The summed E-state index contributed by atoms with van der Waals surface area (Å²) in [6, 6.07) is 1.75. The molecule has 0 aliphatic carbocycles. The summed E-state index contributed by atoms with van der Waals surface area (Å²) in [5.74, 6) is 0.696. The minimum atomic E-state index is -0.0723. The van der Waals surface area contributed by atoms with Gasteiger partial charge in [0.15, 0.2) is 0 Å². The van der Waals surface area contributed by atoms with E-state index in [1.54, 1.807) is 12.4 Å². The van der Waals surface area contributed by atoms with Gasteiger partial charge >= 0.3 is 5.97 Å². The molecule has 0 radical (unpaired) electrons. The molecule has 1 aromatic rings. The average Bonchev–Trinajstić information content (AvgIpc) is 2.79. The fourth-order valence-corrected chi connectivity index (χ4v) is 2.72. The second-order valence-electron chi connectivity index (χ2n) is 5.07. The van der Waals surface area contributed by atoms with Gasteiger partial charge in [0.25, 0.3) is 0 Å². The van der Waals surface area contributed by atoms with Crippen LogP contribution in [0.15, 0.2) is 18.5 Å². The smallest absolute Gasteiger partial charge is 0.323 e. The first kappa shape index (κ1) is 12.3. The predicted molar refractivity (Wildman–Crippen MR) is 69.8 cm³/mol. The van der Waals surface area contributed by atoms with Crippen LogP contribution in [0, 0.1) is 0 Å². The molecule has 1 aromatic heterocycles. The van der Waals surface area contributed by atoms with E-state index >= 15 is 0 Å². The molecule has 2 aliphatic rings. The Kier molecular flexibility index (Phi) is 3.33. The van der Waals surface area contributed by atoms with E-state index in [4.69, 9.17) is 4.74 Å². The molecule has 0 saturated carbocycles. The van der Waals surface area contributed by atoms with Crippen LogP contribution >= 0.6 is 0 Å². The Hall–Kier alpha value is -1.69. The van der Waals surface area contributed by atoms with Crippen molar-refractivity contribution < 1.29 is 9.53 Å². The normalized spacial score (nSPS) is 28.5. The van der Waals surface area contributed by atoms with Gasteiger partial charge in [0, 0.05) is 45.0 Å². The first-order chi connectivity index (χ1) is 9.24. The zero-order chi connectivity index (χ0) is 13.2. The van der Waals surface area contributed by atoms with E-state index in [-0.39, 0.29) is 18.1 Å². The van der Waals surface area contributed by atoms with E-state index in [9.17, 15) is 4.79 Å². The Labute approximate surface area is 112 Å². The number of hydrogen-bond donors (Lipinski definition) is 0. The Morgan fingerprint density at radius 1 is 1.21 bits per heavy atom. The number of anilines is 1. The lowest BCUT2D eigenvalue weighted by Crippen LogP contribution is -2.52. The standard InChI is InChI=1S/C13H18N4O2/c1-10-9-11(12(18)19-10)16-5-7-17(8-6-16)13-14-3-2-4-15-13/h2-4,10-11H,5-9H2,1H3/t10-,11-/m0/s1. The summed E-state index contributed by atoms with van der Waals surface area (Å²) in [6.45, 7) is 5.35. The second kappa shape index (κ2) is 5.13. The number of aromatic nitrogens is 2. The first-order valence-electron chi connectivity index (χ1n) is 6.70. The van der Waals surface area contributed by atoms with Crippen LogP contribution in [-0.2, 0) is 9.53 Å². The van der Waals surface area contributed by atoms with Crippen molar-refractivity contribution in [2.24, 2.45) is 0 Å². The fourth-order valence-electron chi connectivity index (χ4n) is 2.72. The highest BCUT2D eigenvalue weighted by Crippen LogP contribution is 2.21. The van der Waals surface area contributed by atoms with E-state index in [0.29, 0.717) is 0 Å². The molecule has 6 heteroatoms. The van der Waals surface area contributed by atoms with E-state index < -0.39 is 0 Å². The highest BCUT2D eigenvalue weighted by molar-refractivity contribution is 5.78. The number of cyclic esters (lactones) is 1. The molecule has 2 fully saturated rings. The van der Waals surface area contributed by atoms with E-state index in [1.807, 2.05) is 13.0 Å². The minimum Gasteiger partial charge on any atom is -0.461 e. The highest BCUT2D eigenvalue weighted by atomic mass is 16.6. The van der Waals surface area contributed by atoms with E-state index in [0.717, 1.165) is 38.5 Å². The quantitative estimate of drug-likeness (QED) is 0.715. The lowest BCUT2D eigenvalue weighted by molar-refractivity contribution is -0.144. The number of rotatable bonds is 2. The van der Waals surface area contributed by atoms with Gasteiger partial charge in [0.2, 0.25) is 5.95 Å². The molecule has 0 spiro atoms. The van der Waals surface area contributed by atoms with Crippen LogP contribution in [0.2, 0.25) is 0 Å². The number of ether oxygens (including phenoxy) is 1. The highest BCUT2D eigenvalue weighted by Gasteiger charge is 2.37. The number of piperazine rings is 1. The number of carbonyl (C=O) groups is 1. The van der Waals surface area contributed by atoms with Crippen molar-refractivity contribution in [1.82, 2.24) is 14.9 Å². The van der Waals surface area contributed by atoms with Crippen LogP contribution < -0.4 is 4.90 Å². The first-order valence-corrected chi connectivity index (χ1v) is 6.70. The molecule has 0 aromatic carbocycles. The third-order valence-corrected chi connectivity index (χ3v) is 3.73. The monoisotopic (exact) mass is 262 g/mol. The van der Waals surface area contributed by atoms with Gasteiger partial charge in [-0.1, -0.05) is 0 Å². The van der Waals surface area contributed by atoms with Crippen LogP contribution in [0.3, 0.4) is 0 Å². The molecule has 0 N–H and O–H groups in total. The second-order valence-corrected chi connectivity index (χ2v) is 5.07. The summed E-state index contributed by atoms with van der Waals surface area (Å²) in [6.07, 6.45) is 4.36. The van der Waals surface area contributed by atoms with Gasteiger partial charge in [-0.15, -0.1) is 0 Å². The molecule has 2 aliphatic heterocycles. The van der Waals surface area contributed by atoms with Gasteiger partial charge in [0.05, 0.1) is 0 Å². The van der Waals surface area contributed by atoms with Crippen LogP contribution in [0.25, 0.3) is 0 Å². The lowest BCUT2D eigenvalue weighted by atomic mass is 10.1. The predicted octanol–water partition coefficient (Wildman–Crippen LogP) is 0.303. The van der Waals surface area contributed by atoms with Crippen molar-refractivity contribution in [3.8, 4) is 0 Å². The summed E-state index contributed by atoms with van der Waals surface area (Å²) in [7, 11) is 0. The average molecular weight is 262 g/mol. The van der Waals surface area contributed by atoms with Crippen LogP contribution in [0.1, 0.15) is 13.3 Å². The summed E-state index contributed by atoms with van der Waals surface area (Å²) in [5, 5.41) is 0. The lowest BCUT2D eigenvalue weighted by Gasteiger charge is -2.36. The molecule has 2 saturated heterocycles. The number of esters is 1. The zero-order valence-corrected chi connectivity index (χ0v) is 11.0. The molecular formula is C13H18N4O2. The van der Waals surface area contributed by atoms with Crippen molar-refractivity contribution in [1.29, 1.82) is 0 Å². The summed E-state index contributed by atoms with van der Waals surface area (Å²) >= 11 is 0. The molecule has 3 heterocycles. The van der Waals surface area contributed by atoms with E-state index in [2.05, 4.69) is 19.8 Å². The Bertz CT molecular complexity index is 445.